The highest BCUT2D eigenvalue weighted by molar-refractivity contribution is 6.06. The Kier molecular flexibility index (Phi) is 7.26. The van der Waals surface area contributed by atoms with Gasteiger partial charge in [-0.05, 0) is 60.6 Å². The number of carbonyl (C=O) groups excluding carboxylic acids is 2. The van der Waals surface area contributed by atoms with Crippen LogP contribution >= 0.6 is 0 Å². The molecule has 2 aliphatic heterocycles. The lowest BCUT2D eigenvalue weighted by Gasteiger charge is -2.33. The van der Waals surface area contributed by atoms with Gasteiger partial charge >= 0.3 is 0 Å². The van der Waals surface area contributed by atoms with Crippen LogP contribution in [0.25, 0.3) is 16.8 Å². The Balaban J connectivity index is 1.39. The largest absolute Gasteiger partial charge is 0.507 e. The number of ether oxygens (including phenoxy) is 1. The Morgan fingerprint density at radius 2 is 1.84 bits per heavy atom. The molecule has 2 saturated heterocycles. The lowest BCUT2D eigenvalue weighted by Crippen LogP contribution is -2.35. The van der Waals surface area contributed by atoms with Crippen molar-refractivity contribution in [2.45, 2.75) is 65.9 Å². The van der Waals surface area contributed by atoms with Crippen LogP contribution in [-0.2, 0) is 14.3 Å². The molecule has 5 nitrogen and oxygen atoms in total. The average Bonchev–Trinajstić information content (AvgIpc) is 3.42. The lowest BCUT2D eigenvalue weighted by atomic mass is 9.67. The first-order chi connectivity index (χ1) is 17.8. The summed E-state index contributed by atoms with van der Waals surface area (Å²) in [5.74, 6) is 0.212. The molecule has 3 aliphatic rings. The van der Waals surface area contributed by atoms with Crippen LogP contribution in [0, 0.1) is 23.7 Å². The van der Waals surface area contributed by atoms with Crippen LogP contribution in [0.5, 0.6) is 5.75 Å². The molecular formula is C32H39NO4. The van der Waals surface area contributed by atoms with Crippen molar-refractivity contribution in [1.29, 1.82) is 0 Å². The number of phenols is 1. The van der Waals surface area contributed by atoms with E-state index in [-0.39, 0.29) is 35.7 Å². The van der Waals surface area contributed by atoms with Gasteiger partial charge in [0.2, 0.25) is 11.8 Å². The van der Waals surface area contributed by atoms with Crippen LogP contribution in [0.15, 0.2) is 53.1 Å². The van der Waals surface area contributed by atoms with Crippen molar-refractivity contribution >= 4 is 28.7 Å². The Labute approximate surface area is 220 Å². The minimum Gasteiger partial charge on any atom is -0.507 e. The van der Waals surface area contributed by atoms with Gasteiger partial charge in [-0.25, -0.2) is 0 Å². The van der Waals surface area contributed by atoms with E-state index in [1.54, 1.807) is 6.07 Å². The number of phenolic OH excluding ortho intramolecular Hbond substituents is 1. The molecule has 1 N–H and O–H groups in total. The van der Waals surface area contributed by atoms with Gasteiger partial charge in [0.1, 0.15) is 5.75 Å². The molecule has 0 aromatic heterocycles. The molecule has 0 unspecified atom stereocenters. The number of benzene rings is 2. The molecule has 2 heterocycles. The zero-order valence-electron chi connectivity index (χ0n) is 22.5. The summed E-state index contributed by atoms with van der Waals surface area (Å²) in [5, 5.41) is 12.2. The number of rotatable bonds is 8. The van der Waals surface area contributed by atoms with Crippen molar-refractivity contribution < 1.29 is 19.4 Å². The molecule has 2 aromatic carbocycles. The van der Waals surface area contributed by atoms with Crippen molar-refractivity contribution in [3.8, 4) is 5.75 Å². The molecule has 5 heteroatoms. The maximum atomic E-state index is 13.3. The summed E-state index contributed by atoms with van der Waals surface area (Å²) in [6.07, 6.45) is 6.44. The first kappa shape index (κ1) is 25.7. The van der Waals surface area contributed by atoms with Gasteiger partial charge in [0.15, 0.2) is 0 Å². The van der Waals surface area contributed by atoms with Crippen LogP contribution in [0.2, 0.25) is 0 Å². The maximum Gasteiger partial charge on any atom is 0.233 e. The summed E-state index contributed by atoms with van der Waals surface area (Å²) < 4.78 is 6.40. The van der Waals surface area contributed by atoms with Gasteiger partial charge < -0.3 is 9.84 Å². The minimum atomic E-state index is -0.258. The van der Waals surface area contributed by atoms with Crippen LogP contribution in [0.3, 0.4) is 0 Å². The second-order valence-electron chi connectivity index (χ2n) is 11.1. The van der Waals surface area contributed by atoms with Crippen molar-refractivity contribution in [1.82, 2.24) is 4.90 Å². The van der Waals surface area contributed by atoms with E-state index in [1.807, 2.05) is 31.2 Å². The molecule has 0 saturated carbocycles. The maximum absolute atomic E-state index is 13.3. The summed E-state index contributed by atoms with van der Waals surface area (Å²) in [5.41, 5.74) is 5.09. The Bertz CT molecular complexity index is 1270. The molecule has 0 radical (unpaired) electrons. The van der Waals surface area contributed by atoms with Gasteiger partial charge in [-0.1, -0.05) is 75.2 Å². The van der Waals surface area contributed by atoms with Gasteiger partial charge in [0.05, 0.1) is 24.5 Å². The normalized spacial score (nSPS) is 26.0. The number of hydrogen-bond donors (Lipinski definition) is 1. The predicted octanol–water partition coefficient (Wildman–Crippen LogP) is 6.50. The minimum absolute atomic E-state index is 0.00186. The molecular weight excluding hydrogens is 462 g/mol. The van der Waals surface area contributed by atoms with Gasteiger partial charge in [-0.3, -0.25) is 14.5 Å². The van der Waals surface area contributed by atoms with Crippen molar-refractivity contribution in [3.05, 3.63) is 58.7 Å². The summed E-state index contributed by atoms with van der Waals surface area (Å²) >= 11 is 0. The zero-order chi connectivity index (χ0) is 26.3. The summed E-state index contributed by atoms with van der Waals surface area (Å²) in [6, 6.07) is 11.7. The number of imide groups is 1. The molecule has 4 atom stereocenters. The third-order valence-electron chi connectivity index (χ3n) is 8.66. The Hall–Kier alpha value is -2.92. The van der Waals surface area contributed by atoms with E-state index in [9.17, 15) is 14.7 Å². The molecule has 2 amide bonds. The van der Waals surface area contributed by atoms with E-state index in [4.69, 9.17) is 4.74 Å². The molecule has 0 bridgehead atoms. The number of carbonyl (C=O) groups is 2. The summed E-state index contributed by atoms with van der Waals surface area (Å²) in [4.78, 5) is 28.0. The fourth-order valence-electron chi connectivity index (χ4n) is 6.79. The SMILES string of the molecule is CCCN1C(=O)[C@@H]2[C@@H](CC(C(C)C)=C3[C@@H](CC/C(=C/c4ccc(O)c5ccccc45)CC)OC[C@@H]32)C1=O. The topological polar surface area (TPSA) is 66.8 Å². The number of allylic oxidation sites excluding steroid dienone is 2. The third kappa shape index (κ3) is 4.52. The van der Waals surface area contributed by atoms with E-state index in [0.29, 0.717) is 31.2 Å². The number of fused-ring (bicyclic) bond motifs is 4. The first-order valence-electron chi connectivity index (χ1n) is 13.9. The molecule has 5 rings (SSSR count). The molecule has 1 aliphatic carbocycles. The van der Waals surface area contributed by atoms with Crippen molar-refractivity contribution in [3.63, 3.8) is 0 Å². The average molecular weight is 502 g/mol. The lowest BCUT2D eigenvalue weighted by molar-refractivity contribution is -0.140. The van der Waals surface area contributed by atoms with E-state index in [2.05, 4.69) is 32.9 Å². The van der Waals surface area contributed by atoms with Gasteiger partial charge in [0.25, 0.3) is 0 Å². The smallest absolute Gasteiger partial charge is 0.233 e. The second-order valence-corrected chi connectivity index (χ2v) is 11.1. The van der Waals surface area contributed by atoms with Crippen LogP contribution < -0.4 is 0 Å². The summed E-state index contributed by atoms with van der Waals surface area (Å²) in [7, 11) is 0. The fourth-order valence-corrected chi connectivity index (χ4v) is 6.79. The van der Waals surface area contributed by atoms with E-state index >= 15 is 0 Å². The highest BCUT2D eigenvalue weighted by Crippen LogP contribution is 2.51. The van der Waals surface area contributed by atoms with Gasteiger partial charge in [-0.2, -0.15) is 0 Å². The molecule has 196 valence electrons. The fraction of sp³-hybridized carbons (Fsp3) is 0.500. The number of amides is 2. The molecule has 2 fully saturated rings. The Morgan fingerprint density at radius 1 is 1.08 bits per heavy atom. The van der Waals surface area contributed by atoms with Gasteiger partial charge in [0, 0.05) is 17.8 Å². The van der Waals surface area contributed by atoms with Crippen LogP contribution in [0.4, 0.5) is 0 Å². The first-order valence-corrected chi connectivity index (χ1v) is 13.9. The number of hydrogen-bond acceptors (Lipinski definition) is 4. The zero-order valence-corrected chi connectivity index (χ0v) is 22.5. The van der Waals surface area contributed by atoms with Crippen molar-refractivity contribution in [2.24, 2.45) is 23.7 Å². The Morgan fingerprint density at radius 3 is 2.54 bits per heavy atom. The standard InChI is InChI=1S/C32H39NO4/c1-5-15-33-31(35)25-17-24(19(3)4)29-26(30(25)32(33)36)18-37-28(29)14-11-20(6-2)16-21-12-13-27(34)23-10-8-7-9-22(21)23/h7-10,12-13,16,19,25-26,28,30,34H,5-6,11,14-15,17-18H2,1-4H3/b20-16+/t25-,26+,28-,30-/m1/s1. The highest BCUT2D eigenvalue weighted by Gasteiger charge is 2.56. The van der Waals surface area contributed by atoms with E-state index in [0.717, 1.165) is 42.0 Å². The van der Waals surface area contributed by atoms with Crippen molar-refractivity contribution in [2.75, 3.05) is 13.2 Å². The molecule has 0 spiro atoms. The van der Waals surface area contributed by atoms with Crippen LogP contribution in [0.1, 0.15) is 65.4 Å². The predicted molar refractivity (Wildman–Crippen MR) is 147 cm³/mol. The van der Waals surface area contributed by atoms with E-state index in [1.165, 1.54) is 21.6 Å². The van der Waals surface area contributed by atoms with Gasteiger partial charge in [-0.15, -0.1) is 0 Å². The monoisotopic (exact) mass is 501 g/mol. The quantitative estimate of drug-likeness (QED) is 0.331. The number of aromatic hydroxyl groups is 1. The molecule has 2 aromatic rings. The molecule has 37 heavy (non-hydrogen) atoms. The summed E-state index contributed by atoms with van der Waals surface area (Å²) in [6.45, 7) is 9.65. The van der Waals surface area contributed by atoms with Crippen LogP contribution in [-0.4, -0.2) is 41.1 Å². The third-order valence-corrected chi connectivity index (χ3v) is 8.66. The second kappa shape index (κ2) is 10.4. The van der Waals surface area contributed by atoms with E-state index < -0.39 is 0 Å². The highest BCUT2D eigenvalue weighted by atomic mass is 16.5. The number of nitrogens with zero attached hydrogens (tertiary/aromatic N) is 1. The number of likely N-dealkylation sites (tertiary alicyclic amines) is 1.